The first-order valence-electron chi connectivity index (χ1n) is 6.17. The van der Waals surface area contributed by atoms with Gasteiger partial charge in [-0.1, -0.05) is 13.8 Å². The molecule has 20 heavy (non-hydrogen) atoms. The number of rotatable bonds is 7. The number of carbonyl (C=O) groups excluding carboxylic acids is 1. The van der Waals surface area contributed by atoms with E-state index in [1.807, 2.05) is 13.8 Å². The quantitative estimate of drug-likeness (QED) is 0.566. The van der Waals surface area contributed by atoms with Gasteiger partial charge in [0.15, 0.2) is 11.5 Å². The second-order valence-electron chi connectivity index (χ2n) is 4.43. The molecular formula is C14H20O6. The van der Waals surface area contributed by atoms with E-state index < -0.39 is 5.97 Å². The predicted molar refractivity (Wildman–Crippen MR) is 72.3 cm³/mol. The fourth-order valence-corrected chi connectivity index (χ4v) is 1.53. The Bertz CT molecular complexity index is 455. The molecule has 0 amide bonds. The van der Waals surface area contributed by atoms with E-state index >= 15 is 0 Å². The van der Waals surface area contributed by atoms with E-state index in [0.29, 0.717) is 18.1 Å². The molecule has 0 unspecified atom stereocenters. The third-order valence-corrected chi connectivity index (χ3v) is 2.46. The van der Waals surface area contributed by atoms with Crippen LogP contribution < -0.4 is 14.2 Å². The van der Waals surface area contributed by atoms with Crippen LogP contribution in [0.2, 0.25) is 0 Å². The fourth-order valence-electron chi connectivity index (χ4n) is 1.53. The van der Waals surface area contributed by atoms with E-state index in [1.165, 1.54) is 27.4 Å². The van der Waals surface area contributed by atoms with Crippen LogP contribution in [0, 0.1) is 5.92 Å². The summed E-state index contributed by atoms with van der Waals surface area (Å²) >= 11 is 0. The van der Waals surface area contributed by atoms with Crippen molar-refractivity contribution in [2.24, 2.45) is 5.92 Å². The first kappa shape index (κ1) is 16.1. The number of carbonyl (C=O) groups is 1. The van der Waals surface area contributed by atoms with Crippen molar-refractivity contribution >= 4 is 5.97 Å². The van der Waals surface area contributed by atoms with Crippen LogP contribution >= 0.6 is 0 Å². The van der Waals surface area contributed by atoms with Crippen LogP contribution in [0.5, 0.6) is 17.2 Å². The third-order valence-electron chi connectivity index (χ3n) is 2.46. The number of hydrogen-bond donors (Lipinski definition) is 0. The molecule has 0 aromatic heterocycles. The molecule has 0 aliphatic rings. The minimum atomic E-state index is -0.650. The summed E-state index contributed by atoms with van der Waals surface area (Å²) in [4.78, 5) is 21.6. The van der Waals surface area contributed by atoms with Crippen LogP contribution in [0.25, 0.3) is 0 Å². The van der Waals surface area contributed by atoms with Crippen molar-refractivity contribution in [3.05, 3.63) is 17.7 Å². The summed E-state index contributed by atoms with van der Waals surface area (Å²) in [6, 6.07) is 3.13. The van der Waals surface area contributed by atoms with Gasteiger partial charge in [-0.3, -0.25) is 4.89 Å². The monoisotopic (exact) mass is 284 g/mol. The summed E-state index contributed by atoms with van der Waals surface area (Å²) in [5, 5.41) is 0. The Morgan fingerprint density at radius 1 is 1.05 bits per heavy atom. The Hall–Kier alpha value is -1.95. The molecule has 0 bridgehead atoms. The van der Waals surface area contributed by atoms with E-state index in [9.17, 15) is 4.79 Å². The Morgan fingerprint density at radius 3 is 2.20 bits per heavy atom. The average molecular weight is 284 g/mol. The molecule has 0 fully saturated rings. The van der Waals surface area contributed by atoms with Crippen LogP contribution in [-0.4, -0.2) is 33.9 Å². The molecule has 0 heterocycles. The largest absolute Gasteiger partial charge is 0.493 e. The van der Waals surface area contributed by atoms with Gasteiger partial charge in [-0.15, -0.1) is 0 Å². The lowest BCUT2D eigenvalue weighted by atomic mass is 10.1. The van der Waals surface area contributed by atoms with Crippen molar-refractivity contribution in [3.8, 4) is 17.2 Å². The molecule has 1 aromatic carbocycles. The standard InChI is InChI=1S/C14H20O6/c1-9(2)8-19-20-14(15)10-6-7-11(16-3)13(18-5)12(10)17-4/h6-7,9H,8H2,1-5H3. The minimum Gasteiger partial charge on any atom is -0.493 e. The lowest BCUT2D eigenvalue weighted by Gasteiger charge is -2.14. The van der Waals surface area contributed by atoms with Crippen LogP contribution in [0.4, 0.5) is 0 Å². The van der Waals surface area contributed by atoms with Gasteiger partial charge in [-0.05, 0) is 18.1 Å². The van der Waals surface area contributed by atoms with Crippen molar-refractivity contribution in [1.82, 2.24) is 0 Å². The summed E-state index contributed by atoms with van der Waals surface area (Å²) < 4.78 is 15.5. The number of ether oxygens (including phenoxy) is 3. The van der Waals surface area contributed by atoms with E-state index in [4.69, 9.17) is 24.0 Å². The Kier molecular flexibility index (Phi) is 6.11. The highest BCUT2D eigenvalue weighted by Crippen LogP contribution is 2.39. The highest BCUT2D eigenvalue weighted by Gasteiger charge is 2.22. The van der Waals surface area contributed by atoms with E-state index in [2.05, 4.69) is 0 Å². The van der Waals surface area contributed by atoms with Crippen molar-refractivity contribution in [2.45, 2.75) is 13.8 Å². The molecule has 0 radical (unpaired) electrons. The van der Waals surface area contributed by atoms with Crippen molar-refractivity contribution < 1.29 is 28.8 Å². The predicted octanol–water partition coefficient (Wildman–Crippen LogP) is 2.46. The molecule has 0 saturated carbocycles. The molecule has 0 saturated heterocycles. The zero-order chi connectivity index (χ0) is 15.1. The van der Waals surface area contributed by atoms with Crippen molar-refractivity contribution in [3.63, 3.8) is 0 Å². The second-order valence-corrected chi connectivity index (χ2v) is 4.43. The topological polar surface area (TPSA) is 63.2 Å². The van der Waals surface area contributed by atoms with Crippen LogP contribution in [0.1, 0.15) is 24.2 Å². The molecular weight excluding hydrogens is 264 g/mol. The molecule has 6 heteroatoms. The van der Waals surface area contributed by atoms with Crippen LogP contribution in [0.15, 0.2) is 12.1 Å². The molecule has 112 valence electrons. The number of hydrogen-bond acceptors (Lipinski definition) is 6. The van der Waals surface area contributed by atoms with Gasteiger partial charge in [0, 0.05) is 0 Å². The van der Waals surface area contributed by atoms with E-state index in [1.54, 1.807) is 6.07 Å². The van der Waals surface area contributed by atoms with Gasteiger partial charge in [-0.2, -0.15) is 4.89 Å². The van der Waals surface area contributed by atoms with Crippen LogP contribution in [-0.2, 0) is 9.78 Å². The highest BCUT2D eigenvalue weighted by atomic mass is 17.2. The zero-order valence-electron chi connectivity index (χ0n) is 12.4. The van der Waals surface area contributed by atoms with Gasteiger partial charge in [-0.25, -0.2) is 4.79 Å². The normalized spacial score (nSPS) is 10.3. The van der Waals surface area contributed by atoms with Gasteiger partial charge >= 0.3 is 5.97 Å². The highest BCUT2D eigenvalue weighted by molar-refractivity contribution is 5.93. The van der Waals surface area contributed by atoms with Gasteiger partial charge in [0.25, 0.3) is 0 Å². The molecule has 0 atom stereocenters. The summed E-state index contributed by atoms with van der Waals surface area (Å²) in [6.07, 6.45) is 0. The van der Waals surface area contributed by atoms with Crippen LogP contribution in [0.3, 0.4) is 0 Å². The zero-order valence-corrected chi connectivity index (χ0v) is 12.4. The number of methoxy groups -OCH3 is 3. The maximum absolute atomic E-state index is 12.0. The lowest BCUT2D eigenvalue weighted by molar-refractivity contribution is -0.247. The molecule has 0 aliphatic carbocycles. The Labute approximate surface area is 118 Å². The second kappa shape index (κ2) is 7.59. The maximum Gasteiger partial charge on any atom is 0.376 e. The molecule has 1 rings (SSSR count). The lowest BCUT2D eigenvalue weighted by Crippen LogP contribution is -2.11. The Balaban J connectivity index is 2.97. The summed E-state index contributed by atoms with van der Waals surface area (Å²) in [6.45, 7) is 4.22. The molecule has 0 N–H and O–H groups in total. The summed E-state index contributed by atoms with van der Waals surface area (Å²) in [7, 11) is 4.40. The van der Waals surface area contributed by atoms with E-state index in [0.717, 1.165) is 0 Å². The first-order chi connectivity index (χ1) is 9.54. The van der Waals surface area contributed by atoms with Gasteiger partial charge in [0.1, 0.15) is 5.56 Å². The van der Waals surface area contributed by atoms with Gasteiger partial charge < -0.3 is 14.2 Å². The Morgan fingerprint density at radius 2 is 1.70 bits per heavy atom. The SMILES string of the molecule is COc1ccc(C(=O)OOCC(C)C)c(OC)c1OC. The average Bonchev–Trinajstić information content (AvgIpc) is 2.44. The molecule has 1 aromatic rings. The van der Waals surface area contributed by atoms with Crippen molar-refractivity contribution in [2.75, 3.05) is 27.9 Å². The van der Waals surface area contributed by atoms with E-state index in [-0.39, 0.29) is 17.2 Å². The summed E-state index contributed by atoms with van der Waals surface area (Å²) in [5.41, 5.74) is 0.203. The molecule has 0 spiro atoms. The molecule has 0 aliphatic heterocycles. The first-order valence-corrected chi connectivity index (χ1v) is 6.17. The fraction of sp³-hybridized carbons (Fsp3) is 0.500. The smallest absolute Gasteiger partial charge is 0.376 e. The maximum atomic E-state index is 12.0. The van der Waals surface area contributed by atoms with Gasteiger partial charge in [0.05, 0.1) is 27.9 Å². The molecule has 6 nitrogen and oxygen atoms in total. The minimum absolute atomic E-state index is 0.203. The van der Waals surface area contributed by atoms with Gasteiger partial charge in [0.2, 0.25) is 5.75 Å². The number of benzene rings is 1. The summed E-state index contributed by atoms with van der Waals surface area (Å²) in [5.74, 6) is 0.640. The third kappa shape index (κ3) is 3.77. The van der Waals surface area contributed by atoms with Crippen molar-refractivity contribution in [1.29, 1.82) is 0 Å².